The highest BCUT2D eigenvalue weighted by Crippen LogP contribution is 2.23. The van der Waals surface area contributed by atoms with Gasteiger partial charge in [0, 0.05) is 4.88 Å². The average Bonchev–Trinajstić information content (AvgIpc) is 2.90. The molecule has 0 N–H and O–H groups in total. The predicted octanol–water partition coefficient (Wildman–Crippen LogP) is 3.80. The Labute approximate surface area is 103 Å². The maximum absolute atomic E-state index is 6.12. The molecule has 0 bridgehead atoms. The smallest absolute Gasteiger partial charge is 0.231 e. The van der Waals surface area contributed by atoms with Crippen LogP contribution in [0.25, 0.3) is 0 Å². The number of aromatic nitrogens is 2. The first-order valence-electron chi connectivity index (χ1n) is 5.28. The van der Waals surface area contributed by atoms with E-state index >= 15 is 0 Å². The molecular weight excluding hydrogens is 244 g/mol. The largest absolute Gasteiger partial charge is 0.339 e. The summed E-state index contributed by atoms with van der Waals surface area (Å²) in [6, 6.07) is 4.07. The van der Waals surface area contributed by atoms with Crippen molar-refractivity contribution in [3.05, 3.63) is 34.1 Å². The Bertz CT molecular complexity index is 427. The van der Waals surface area contributed by atoms with Gasteiger partial charge < -0.3 is 4.52 Å². The molecule has 1 unspecified atom stereocenters. The summed E-state index contributed by atoms with van der Waals surface area (Å²) in [5.41, 5.74) is 0. The van der Waals surface area contributed by atoms with E-state index in [9.17, 15) is 0 Å². The molecular formula is C11H13ClN2OS. The van der Waals surface area contributed by atoms with E-state index in [4.69, 9.17) is 16.1 Å². The molecule has 0 aliphatic carbocycles. The number of hydrogen-bond acceptors (Lipinski definition) is 4. The molecule has 2 aromatic heterocycles. The molecule has 2 rings (SSSR count). The minimum Gasteiger partial charge on any atom is -0.339 e. The van der Waals surface area contributed by atoms with Gasteiger partial charge in [-0.2, -0.15) is 4.98 Å². The Morgan fingerprint density at radius 2 is 2.44 bits per heavy atom. The molecule has 0 aliphatic heterocycles. The van der Waals surface area contributed by atoms with Gasteiger partial charge in [0.2, 0.25) is 5.89 Å². The van der Waals surface area contributed by atoms with Crippen molar-refractivity contribution in [2.75, 3.05) is 0 Å². The van der Waals surface area contributed by atoms with E-state index in [0.717, 1.165) is 12.8 Å². The molecule has 0 amide bonds. The summed E-state index contributed by atoms with van der Waals surface area (Å²) in [4.78, 5) is 5.52. The summed E-state index contributed by atoms with van der Waals surface area (Å²) in [5, 5.41) is 5.80. The van der Waals surface area contributed by atoms with E-state index in [1.165, 1.54) is 4.88 Å². The first-order valence-corrected chi connectivity index (χ1v) is 6.60. The van der Waals surface area contributed by atoms with Gasteiger partial charge in [0.15, 0.2) is 5.82 Å². The van der Waals surface area contributed by atoms with Crippen LogP contribution >= 0.6 is 22.9 Å². The zero-order chi connectivity index (χ0) is 11.4. The highest BCUT2D eigenvalue weighted by atomic mass is 35.5. The SMILES string of the molecule is CCCC(Cl)c1noc(Cc2cccs2)n1. The Morgan fingerprint density at radius 3 is 3.12 bits per heavy atom. The molecule has 86 valence electrons. The van der Waals surface area contributed by atoms with Gasteiger partial charge in [-0.15, -0.1) is 22.9 Å². The molecule has 0 aromatic carbocycles. The van der Waals surface area contributed by atoms with E-state index in [1.807, 2.05) is 11.4 Å². The molecule has 0 radical (unpaired) electrons. The van der Waals surface area contributed by atoms with E-state index in [0.29, 0.717) is 18.1 Å². The topological polar surface area (TPSA) is 38.9 Å². The molecule has 16 heavy (non-hydrogen) atoms. The highest BCUT2D eigenvalue weighted by Gasteiger charge is 2.15. The maximum atomic E-state index is 6.12. The molecule has 3 nitrogen and oxygen atoms in total. The number of nitrogens with zero attached hydrogens (tertiary/aromatic N) is 2. The Kier molecular flexibility index (Phi) is 3.96. The van der Waals surface area contributed by atoms with Crippen molar-refractivity contribution in [2.45, 2.75) is 31.6 Å². The molecule has 2 heterocycles. The van der Waals surface area contributed by atoms with Crippen LogP contribution in [0, 0.1) is 0 Å². The van der Waals surface area contributed by atoms with Gasteiger partial charge in [-0.05, 0) is 17.9 Å². The van der Waals surface area contributed by atoms with Gasteiger partial charge in [0.1, 0.15) is 0 Å². The van der Waals surface area contributed by atoms with Crippen molar-refractivity contribution < 1.29 is 4.52 Å². The zero-order valence-corrected chi connectivity index (χ0v) is 10.6. The van der Waals surface area contributed by atoms with Crippen molar-refractivity contribution in [3.8, 4) is 0 Å². The first-order chi connectivity index (χ1) is 7.79. The second-order valence-corrected chi connectivity index (χ2v) is 5.12. The lowest BCUT2D eigenvalue weighted by Gasteiger charge is -1.99. The van der Waals surface area contributed by atoms with Crippen LogP contribution in [-0.4, -0.2) is 10.1 Å². The molecule has 0 saturated heterocycles. The Hall–Kier alpha value is -0.870. The number of hydrogen-bond donors (Lipinski definition) is 0. The molecule has 0 fully saturated rings. The van der Waals surface area contributed by atoms with E-state index in [-0.39, 0.29) is 5.38 Å². The third-order valence-electron chi connectivity index (χ3n) is 2.21. The van der Waals surface area contributed by atoms with Crippen LogP contribution in [0.2, 0.25) is 0 Å². The van der Waals surface area contributed by atoms with Crippen molar-refractivity contribution in [1.82, 2.24) is 10.1 Å². The normalized spacial score (nSPS) is 12.9. The van der Waals surface area contributed by atoms with Crippen molar-refractivity contribution in [1.29, 1.82) is 0 Å². The summed E-state index contributed by atoms with van der Waals surface area (Å²) < 4.78 is 5.17. The summed E-state index contributed by atoms with van der Waals surface area (Å²) in [5.74, 6) is 1.24. The van der Waals surface area contributed by atoms with Crippen LogP contribution in [0.1, 0.15) is 41.7 Å². The summed E-state index contributed by atoms with van der Waals surface area (Å²) in [6.07, 6.45) is 2.59. The van der Waals surface area contributed by atoms with E-state index in [1.54, 1.807) is 11.3 Å². The minimum absolute atomic E-state index is 0.133. The number of rotatable bonds is 5. The zero-order valence-electron chi connectivity index (χ0n) is 9.02. The number of halogens is 1. The second kappa shape index (κ2) is 5.46. The second-order valence-electron chi connectivity index (χ2n) is 3.56. The van der Waals surface area contributed by atoms with Gasteiger partial charge in [0.05, 0.1) is 11.8 Å². The van der Waals surface area contributed by atoms with Gasteiger partial charge in [0.25, 0.3) is 0 Å². The quantitative estimate of drug-likeness (QED) is 0.764. The summed E-state index contributed by atoms with van der Waals surface area (Å²) in [7, 11) is 0. The van der Waals surface area contributed by atoms with Crippen LogP contribution in [0.4, 0.5) is 0 Å². The lowest BCUT2D eigenvalue weighted by Crippen LogP contribution is -1.93. The van der Waals surface area contributed by atoms with E-state index < -0.39 is 0 Å². The van der Waals surface area contributed by atoms with Crippen molar-refractivity contribution in [3.63, 3.8) is 0 Å². The predicted molar refractivity (Wildman–Crippen MR) is 64.9 cm³/mol. The lowest BCUT2D eigenvalue weighted by atomic mass is 10.2. The van der Waals surface area contributed by atoms with Gasteiger partial charge in [-0.25, -0.2) is 0 Å². The fraction of sp³-hybridized carbons (Fsp3) is 0.455. The molecule has 1 atom stereocenters. The molecule has 2 aromatic rings. The first kappa shape index (κ1) is 11.6. The Balaban J connectivity index is 2.02. The fourth-order valence-electron chi connectivity index (χ4n) is 1.41. The van der Waals surface area contributed by atoms with Crippen LogP contribution in [0.5, 0.6) is 0 Å². The van der Waals surface area contributed by atoms with Gasteiger partial charge in [-0.3, -0.25) is 0 Å². The van der Waals surface area contributed by atoms with Crippen molar-refractivity contribution in [2.24, 2.45) is 0 Å². The number of alkyl halides is 1. The minimum atomic E-state index is -0.133. The molecule has 0 spiro atoms. The standard InChI is InChI=1S/C11H13ClN2OS/c1-2-4-9(12)11-13-10(15-14-11)7-8-5-3-6-16-8/h3,5-6,9H,2,4,7H2,1H3. The van der Waals surface area contributed by atoms with Crippen LogP contribution in [-0.2, 0) is 6.42 Å². The fourth-order valence-corrected chi connectivity index (χ4v) is 2.41. The monoisotopic (exact) mass is 256 g/mol. The molecule has 0 aliphatic rings. The Morgan fingerprint density at radius 1 is 1.56 bits per heavy atom. The summed E-state index contributed by atoms with van der Waals surface area (Å²) in [6.45, 7) is 2.09. The van der Waals surface area contributed by atoms with Crippen LogP contribution in [0.3, 0.4) is 0 Å². The average molecular weight is 257 g/mol. The third-order valence-corrected chi connectivity index (χ3v) is 3.50. The molecule has 5 heteroatoms. The third kappa shape index (κ3) is 2.83. The van der Waals surface area contributed by atoms with Crippen LogP contribution < -0.4 is 0 Å². The lowest BCUT2D eigenvalue weighted by molar-refractivity contribution is 0.379. The maximum Gasteiger partial charge on any atom is 0.231 e. The highest BCUT2D eigenvalue weighted by molar-refractivity contribution is 7.09. The van der Waals surface area contributed by atoms with Crippen molar-refractivity contribution >= 4 is 22.9 Å². The summed E-state index contributed by atoms with van der Waals surface area (Å²) >= 11 is 7.80. The van der Waals surface area contributed by atoms with Gasteiger partial charge in [-0.1, -0.05) is 24.6 Å². The molecule has 0 saturated carbocycles. The van der Waals surface area contributed by atoms with E-state index in [2.05, 4.69) is 23.1 Å². The number of thiophene rings is 1. The van der Waals surface area contributed by atoms with Crippen LogP contribution in [0.15, 0.2) is 22.0 Å². The van der Waals surface area contributed by atoms with Gasteiger partial charge >= 0.3 is 0 Å².